The second-order valence-electron chi connectivity index (χ2n) is 4.27. The van der Waals surface area contributed by atoms with E-state index in [2.05, 4.69) is 35.8 Å². The first-order valence-electron chi connectivity index (χ1n) is 5.99. The largest absolute Gasteiger partial charge is 0.454 e. The van der Waals surface area contributed by atoms with Gasteiger partial charge in [0.25, 0.3) is 0 Å². The first-order chi connectivity index (χ1) is 8.84. The Morgan fingerprint density at radius 3 is 3.06 bits per heavy atom. The quantitative estimate of drug-likeness (QED) is 0.915. The maximum absolute atomic E-state index is 5.49. The summed E-state index contributed by atoms with van der Waals surface area (Å²) >= 11 is 1.77. The molecule has 0 saturated carbocycles. The van der Waals surface area contributed by atoms with Gasteiger partial charge in [-0.25, -0.2) is 0 Å². The molecule has 0 fully saturated rings. The summed E-state index contributed by atoms with van der Waals surface area (Å²) in [5, 5.41) is 5.61. The molecule has 1 N–H and O–H groups in total. The van der Waals surface area contributed by atoms with Crippen LogP contribution in [0.1, 0.15) is 23.4 Å². The van der Waals surface area contributed by atoms with Crippen molar-refractivity contribution >= 4 is 11.3 Å². The molecule has 1 aromatic carbocycles. The molecule has 2 aromatic rings. The van der Waals surface area contributed by atoms with Gasteiger partial charge in [0.1, 0.15) is 0 Å². The predicted octanol–water partition coefficient (Wildman–Crippen LogP) is 3.33. The first kappa shape index (κ1) is 11.6. The minimum absolute atomic E-state index is 0.326. The van der Waals surface area contributed by atoms with Crippen LogP contribution >= 0.6 is 11.3 Å². The van der Waals surface area contributed by atoms with E-state index in [0.717, 1.165) is 23.6 Å². The van der Waals surface area contributed by atoms with Crippen LogP contribution in [-0.2, 0) is 6.54 Å². The van der Waals surface area contributed by atoms with Crippen LogP contribution in [0.3, 0.4) is 0 Å². The zero-order valence-corrected chi connectivity index (χ0v) is 11.0. The SMILES string of the molecule is C[C@H](NCc1cccc2c1OCO2)c1cccs1. The van der Waals surface area contributed by atoms with Gasteiger partial charge in [0.2, 0.25) is 6.79 Å². The monoisotopic (exact) mass is 261 g/mol. The Labute approximate surface area is 110 Å². The molecule has 1 aliphatic rings. The van der Waals surface area contributed by atoms with Crippen LogP contribution in [0, 0.1) is 0 Å². The molecule has 1 aromatic heterocycles. The van der Waals surface area contributed by atoms with Crippen molar-refractivity contribution in [3.63, 3.8) is 0 Å². The smallest absolute Gasteiger partial charge is 0.231 e. The second-order valence-corrected chi connectivity index (χ2v) is 5.25. The maximum Gasteiger partial charge on any atom is 0.231 e. The van der Waals surface area contributed by atoms with Crippen LogP contribution in [0.4, 0.5) is 0 Å². The zero-order chi connectivity index (χ0) is 12.4. The Morgan fingerprint density at radius 2 is 2.22 bits per heavy atom. The van der Waals surface area contributed by atoms with E-state index < -0.39 is 0 Å². The maximum atomic E-state index is 5.49. The Kier molecular flexibility index (Phi) is 3.21. The van der Waals surface area contributed by atoms with Crippen LogP contribution in [0.5, 0.6) is 11.5 Å². The molecule has 1 atom stereocenters. The molecule has 0 bridgehead atoms. The standard InChI is InChI=1S/C14H15NO2S/c1-10(13-6-3-7-18-13)15-8-11-4-2-5-12-14(11)17-9-16-12/h2-7,10,15H,8-9H2,1H3/t10-/m0/s1. The van der Waals surface area contributed by atoms with E-state index >= 15 is 0 Å². The van der Waals surface area contributed by atoms with Gasteiger partial charge in [0.15, 0.2) is 11.5 Å². The minimum atomic E-state index is 0.326. The number of fused-ring (bicyclic) bond motifs is 1. The van der Waals surface area contributed by atoms with E-state index in [4.69, 9.17) is 9.47 Å². The van der Waals surface area contributed by atoms with Crippen molar-refractivity contribution in [1.29, 1.82) is 0 Å². The summed E-state index contributed by atoms with van der Waals surface area (Å²) in [5.41, 5.74) is 1.15. The molecule has 4 heteroatoms. The summed E-state index contributed by atoms with van der Waals surface area (Å²) < 4.78 is 10.9. The Bertz CT molecular complexity index is 525. The van der Waals surface area contributed by atoms with Crippen molar-refractivity contribution in [2.24, 2.45) is 0 Å². The highest BCUT2D eigenvalue weighted by atomic mass is 32.1. The molecule has 0 amide bonds. The highest BCUT2D eigenvalue weighted by Crippen LogP contribution is 2.35. The molecule has 0 spiro atoms. The summed E-state index contributed by atoms with van der Waals surface area (Å²) in [7, 11) is 0. The number of rotatable bonds is 4. The molecular weight excluding hydrogens is 246 g/mol. The van der Waals surface area contributed by atoms with Gasteiger partial charge in [0, 0.05) is 23.0 Å². The third-order valence-corrected chi connectivity index (χ3v) is 4.10. The average Bonchev–Trinajstić information content (AvgIpc) is 3.05. The van der Waals surface area contributed by atoms with Crippen molar-refractivity contribution in [3.8, 4) is 11.5 Å². The van der Waals surface area contributed by atoms with Crippen LogP contribution in [0.2, 0.25) is 0 Å². The molecule has 0 aliphatic carbocycles. The molecule has 3 rings (SSSR count). The van der Waals surface area contributed by atoms with Crippen molar-refractivity contribution in [2.75, 3.05) is 6.79 Å². The van der Waals surface area contributed by atoms with Crippen LogP contribution in [0.25, 0.3) is 0 Å². The van der Waals surface area contributed by atoms with E-state index in [0.29, 0.717) is 12.8 Å². The fraction of sp³-hybridized carbons (Fsp3) is 0.286. The number of hydrogen-bond acceptors (Lipinski definition) is 4. The van der Waals surface area contributed by atoms with Gasteiger partial charge in [-0.2, -0.15) is 0 Å². The zero-order valence-electron chi connectivity index (χ0n) is 10.2. The van der Waals surface area contributed by atoms with Crippen LogP contribution < -0.4 is 14.8 Å². The third-order valence-electron chi connectivity index (χ3n) is 3.05. The van der Waals surface area contributed by atoms with Crippen LogP contribution in [0.15, 0.2) is 35.7 Å². The molecule has 94 valence electrons. The number of para-hydroxylation sites is 1. The average molecular weight is 261 g/mol. The minimum Gasteiger partial charge on any atom is -0.454 e. The summed E-state index contributed by atoms with van der Waals surface area (Å²) in [6, 6.07) is 10.6. The van der Waals surface area contributed by atoms with Gasteiger partial charge in [0.05, 0.1) is 0 Å². The lowest BCUT2D eigenvalue weighted by atomic mass is 10.1. The van der Waals surface area contributed by atoms with E-state index in [9.17, 15) is 0 Å². The lowest BCUT2D eigenvalue weighted by Crippen LogP contribution is -2.17. The second kappa shape index (κ2) is 5.00. The van der Waals surface area contributed by atoms with Gasteiger partial charge in [-0.3, -0.25) is 0 Å². The Hall–Kier alpha value is -1.52. The van der Waals surface area contributed by atoms with Gasteiger partial charge < -0.3 is 14.8 Å². The number of ether oxygens (including phenoxy) is 2. The molecule has 18 heavy (non-hydrogen) atoms. The van der Waals surface area contributed by atoms with Crippen molar-refractivity contribution < 1.29 is 9.47 Å². The van der Waals surface area contributed by atoms with Crippen molar-refractivity contribution in [2.45, 2.75) is 19.5 Å². The highest BCUT2D eigenvalue weighted by Gasteiger charge is 2.17. The van der Waals surface area contributed by atoms with Gasteiger partial charge in [-0.1, -0.05) is 18.2 Å². The van der Waals surface area contributed by atoms with E-state index in [1.54, 1.807) is 11.3 Å². The molecule has 0 saturated heterocycles. The number of nitrogens with one attached hydrogen (secondary N) is 1. The summed E-state index contributed by atoms with van der Waals surface area (Å²) in [4.78, 5) is 1.35. The molecule has 1 aliphatic heterocycles. The summed E-state index contributed by atoms with van der Waals surface area (Å²) in [5.74, 6) is 1.72. The third kappa shape index (κ3) is 2.21. The molecular formula is C14H15NO2S. The Morgan fingerprint density at radius 1 is 1.28 bits per heavy atom. The first-order valence-corrected chi connectivity index (χ1v) is 6.87. The van der Waals surface area contributed by atoms with E-state index in [1.807, 2.05) is 12.1 Å². The molecule has 3 nitrogen and oxygen atoms in total. The highest BCUT2D eigenvalue weighted by molar-refractivity contribution is 7.10. The number of hydrogen-bond donors (Lipinski definition) is 1. The Balaban J connectivity index is 1.69. The lowest BCUT2D eigenvalue weighted by Gasteiger charge is -2.13. The predicted molar refractivity (Wildman–Crippen MR) is 72.1 cm³/mol. The topological polar surface area (TPSA) is 30.5 Å². The van der Waals surface area contributed by atoms with Gasteiger partial charge in [-0.05, 0) is 24.4 Å². The van der Waals surface area contributed by atoms with Crippen LogP contribution in [-0.4, -0.2) is 6.79 Å². The van der Waals surface area contributed by atoms with E-state index in [1.165, 1.54) is 4.88 Å². The molecule has 2 heterocycles. The van der Waals surface area contributed by atoms with Gasteiger partial charge >= 0.3 is 0 Å². The fourth-order valence-corrected chi connectivity index (χ4v) is 2.79. The number of thiophene rings is 1. The summed E-state index contributed by atoms with van der Waals surface area (Å²) in [6.45, 7) is 3.28. The molecule has 0 unspecified atom stereocenters. The number of benzene rings is 1. The summed E-state index contributed by atoms with van der Waals surface area (Å²) in [6.07, 6.45) is 0. The van der Waals surface area contributed by atoms with Gasteiger partial charge in [-0.15, -0.1) is 11.3 Å². The van der Waals surface area contributed by atoms with Crippen molar-refractivity contribution in [3.05, 3.63) is 46.2 Å². The lowest BCUT2D eigenvalue weighted by molar-refractivity contribution is 0.173. The normalized spacial score (nSPS) is 14.7. The molecule has 0 radical (unpaired) electrons. The fourth-order valence-electron chi connectivity index (χ4n) is 2.03. The van der Waals surface area contributed by atoms with Crippen molar-refractivity contribution in [1.82, 2.24) is 5.32 Å². The van der Waals surface area contributed by atoms with E-state index in [-0.39, 0.29) is 0 Å².